The number of aromatic nitrogens is 3. The van der Waals surface area contributed by atoms with E-state index in [1.54, 1.807) is 0 Å². The predicted molar refractivity (Wildman–Crippen MR) is 102 cm³/mol. The van der Waals surface area contributed by atoms with E-state index in [0.717, 1.165) is 55.6 Å². The molecule has 0 bridgehead atoms. The summed E-state index contributed by atoms with van der Waals surface area (Å²) in [6, 6.07) is 7.84. The van der Waals surface area contributed by atoms with E-state index in [2.05, 4.69) is 37.3 Å². The molecule has 0 unspecified atom stereocenters. The summed E-state index contributed by atoms with van der Waals surface area (Å²) in [4.78, 5) is 24.4. The fourth-order valence-corrected chi connectivity index (χ4v) is 3.27. The Hall–Kier alpha value is -2.71. The number of hydrogen-bond acceptors (Lipinski definition) is 6. The van der Waals surface area contributed by atoms with E-state index in [0.29, 0.717) is 12.4 Å². The van der Waals surface area contributed by atoms with Crippen molar-refractivity contribution in [3.63, 3.8) is 0 Å². The number of aromatic amines is 1. The molecule has 3 aromatic rings. The second-order valence-electron chi connectivity index (χ2n) is 6.96. The molecule has 0 atom stereocenters. The highest BCUT2D eigenvalue weighted by molar-refractivity contribution is 5.90. The van der Waals surface area contributed by atoms with Gasteiger partial charge in [-0.3, -0.25) is 4.79 Å². The number of benzene rings is 1. The van der Waals surface area contributed by atoms with Gasteiger partial charge in [0.05, 0.1) is 0 Å². The van der Waals surface area contributed by atoms with Crippen LogP contribution in [0.5, 0.6) is 0 Å². The maximum Gasteiger partial charge on any atom is 0.316 e. The van der Waals surface area contributed by atoms with Gasteiger partial charge < -0.3 is 24.6 Å². The lowest BCUT2D eigenvalue weighted by Crippen LogP contribution is -2.45. The van der Waals surface area contributed by atoms with Gasteiger partial charge in [0, 0.05) is 50.0 Å². The number of H-pyrrole nitrogens is 1. The van der Waals surface area contributed by atoms with Crippen LogP contribution in [0.2, 0.25) is 0 Å². The third kappa shape index (κ3) is 4.17. The van der Waals surface area contributed by atoms with Gasteiger partial charge in [-0.1, -0.05) is 17.3 Å². The van der Waals surface area contributed by atoms with E-state index in [9.17, 15) is 4.79 Å². The largest absolute Gasteiger partial charge is 0.361 e. The molecule has 2 aromatic heterocycles. The fraction of sp³-hybridized carbons (Fsp3) is 0.421. The van der Waals surface area contributed by atoms with Crippen molar-refractivity contribution in [3.05, 3.63) is 36.4 Å². The molecular formula is C19H24N6O2. The number of hydrogen-bond donors (Lipinski definition) is 2. The summed E-state index contributed by atoms with van der Waals surface area (Å²) in [6.45, 7) is 5.96. The molecule has 0 spiro atoms. The van der Waals surface area contributed by atoms with Crippen LogP contribution in [0, 0.1) is 0 Å². The highest BCUT2D eigenvalue weighted by atomic mass is 16.5. The SMILES string of the molecule is CN1CCN(CCCNC(=O)c2nc(-c3ccc4cc[nH]c4c3)no2)CC1. The Bertz CT molecular complexity index is 910. The molecule has 0 aliphatic carbocycles. The molecule has 27 heavy (non-hydrogen) atoms. The number of nitrogens with zero attached hydrogens (tertiary/aromatic N) is 4. The van der Waals surface area contributed by atoms with Crippen LogP contribution in [0.15, 0.2) is 35.0 Å². The standard InChI is InChI=1S/C19H24N6O2/c1-24-9-11-25(12-10-24)8-2-6-21-18(26)19-22-17(23-27-19)15-4-3-14-5-7-20-16(14)13-15/h3-5,7,13,20H,2,6,8-12H2,1H3,(H,21,26). The summed E-state index contributed by atoms with van der Waals surface area (Å²) in [5.74, 6) is 0.0818. The first-order valence-electron chi connectivity index (χ1n) is 9.29. The smallest absolute Gasteiger partial charge is 0.316 e. The van der Waals surface area contributed by atoms with Crippen molar-refractivity contribution in [2.45, 2.75) is 6.42 Å². The minimum absolute atomic E-state index is 0.00354. The zero-order valence-corrected chi connectivity index (χ0v) is 15.4. The molecule has 2 N–H and O–H groups in total. The van der Waals surface area contributed by atoms with Crippen molar-refractivity contribution in [1.29, 1.82) is 0 Å². The van der Waals surface area contributed by atoms with Crippen LogP contribution in [0.1, 0.15) is 17.1 Å². The van der Waals surface area contributed by atoms with Gasteiger partial charge in [-0.15, -0.1) is 0 Å². The van der Waals surface area contributed by atoms with E-state index < -0.39 is 0 Å². The van der Waals surface area contributed by atoms with E-state index >= 15 is 0 Å². The number of carbonyl (C=O) groups is 1. The lowest BCUT2D eigenvalue weighted by Gasteiger charge is -2.32. The van der Waals surface area contributed by atoms with Crippen molar-refractivity contribution in [2.24, 2.45) is 0 Å². The van der Waals surface area contributed by atoms with E-state index in [-0.39, 0.29) is 11.8 Å². The number of carbonyl (C=O) groups excluding carboxylic acids is 1. The monoisotopic (exact) mass is 368 g/mol. The van der Waals surface area contributed by atoms with Crippen LogP contribution in [-0.2, 0) is 0 Å². The molecule has 8 heteroatoms. The molecule has 3 heterocycles. The summed E-state index contributed by atoms with van der Waals surface area (Å²) in [5, 5.41) is 7.90. The first-order chi connectivity index (χ1) is 13.2. The minimum Gasteiger partial charge on any atom is -0.361 e. The lowest BCUT2D eigenvalue weighted by molar-refractivity contribution is 0.0906. The van der Waals surface area contributed by atoms with E-state index in [4.69, 9.17) is 4.52 Å². The maximum absolute atomic E-state index is 12.2. The van der Waals surface area contributed by atoms with Gasteiger partial charge in [-0.2, -0.15) is 4.98 Å². The Morgan fingerprint density at radius 1 is 1.26 bits per heavy atom. The average Bonchev–Trinajstić information content (AvgIpc) is 3.35. The Morgan fingerprint density at radius 3 is 2.96 bits per heavy atom. The first kappa shape index (κ1) is 17.7. The summed E-state index contributed by atoms with van der Waals surface area (Å²) in [7, 11) is 2.15. The average molecular weight is 368 g/mol. The molecule has 1 aromatic carbocycles. The molecule has 1 fully saturated rings. The summed E-state index contributed by atoms with van der Waals surface area (Å²) in [5.41, 5.74) is 1.80. The Kier molecular flexibility index (Phi) is 5.17. The second-order valence-corrected chi connectivity index (χ2v) is 6.96. The first-order valence-corrected chi connectivity index (χ1v) is 9.29. The lowest BCUT2D eigenvalue weighted by atomic mass is 10.1. The van der Waals surface area contributed by atoms with Gasteiger partial charge in [0.15, 0.2) is 0 Å². The van der Waals surface area contributed by atoms with Crippen LogP contribution < -0.4 is 5.32 Å². The van der Waals surface area contributed by atoms with Crippen LogP contribution in [0.25, 0.3) is 22.3 Å². The summed E-state index contributed by atoms with van der Waals surface area (Å²) < 4.78 is 5.13. The summed E-state index contributed by atoms with van der Waals surface area (Å²) >= 11 is 0. The third-order valence-electron chi connectivity index (χ3n) is 4.97. The highest BCUT2D eigenvalue weighted by Gasteiger charge is 2.17. The Balaban J connectivity index is 1.28. The van der Waals surface area contributed by atoms with Gasteiger partial charge in [-0.25, -0.2) is 0 Å². The quantitative estimate of drug-likeness (QED) is 0.642. The normalized spacial score (nSPS) is 16.0. The van der Waals surface area contributed by atoms with E-state index in [1.165, 1.54) is 0 Å². The van der Waals surface area contributed by atoms with Crippen molar-refractivity contribution in [3.8, 4) is 11.4 Å². The zero-order valence-electron chi connectivity index (χ0n) is 15.4. The Morgan fingerprint density at radius 2 is 2.11 bits per heavy atom. The van der Waals surface area contributed by atoms with E-state index in [1.807, 2.05) is 30.5 Å². The molecule has 1 amide bonds. The fourth-order valence-electron chi connectivity index (χ4n) is 3.27. The van der Waals surface area contributed by atoms with Crippen LogP contribution >= 0.6 is 0 Å². The molecular weight excluding hydrogens is 344 g/mol. The topological polar surface area (TPSA) is 90.3 Å². The second kappa shape index (κ2) is 7.89. The van der Waals surface area contributed by atoms with Crippen LogP contribution in [-0.4, -0.2) is 77.1 Å². The zero-order chi connectivity index (χ0) is 18.6. The molecule has 142 valence electrons. The molecule has 0 radical (unpaired) electrons. The van der Waals surface area contributed by atoms with Crippen molar-refractivity contribution < 1.29 is 9.32 Å². The number of nitrogens with one attached hydrogen (secondary N) is 2. The number of amides is 1. The molecule has 0 saturated carbocycles. The van der Waals surface area contributed by atoms with Crippen molar-refractivity contribution in [1.82, 2.24) is 30.2 Å². The van der Waals surface area contributed by atoms with Crippen LogP contribution in [0.3, 0.4) is 0 Å². The van der Waals surface area contributed by atoms with Crippen molar-refractivity contribution in [2.75, 3.05) is 46.3 Å². The summed E-state index contributed by atoms with van der Waals surface area (Å²) in [6.07, 6.45) is 2.78. The molecule has 1 aliphatic heterocycles. The third-order valence-corrected chi connectivity index (χ3v) is 4.97. The van der Waals surface area contributed by atoms with Crippen LogP contribution in [0.4, 0.5) is 0 Å². The molecule has 8 nitrogen and oxygen atoms in total. The maximum atomic E-state index is 12.2. The molecule has 1 saturated heterocycles. The number of fused-ring (bicyclic) bond motifs is 1. The van der Waals surface area contributed by atoms with Gasteiger partial charge in [0.1, 0.15) is 0 Å². The number of likely N-dealkylation sites (N-methyl/N-ethyl adjacent to an activating group) is 1. The predicted octanol–water partition coefficient (Wildman–Crippen LogP) is 1.59. The molecule has 1 aliphatic rings. The number of piperazine rings is 1. The van der Waals surface area contributed by atoms with Crippen molar-refractivity contribution >= 4 is 16.8 Å². The van der Waals surface area contributed by atoms with Gasteiger partial charge in [0.2, 0.25) is 5.82 Å². The minimum atomic E-state index is -0.326. The molecule has 4 rings (SSSR count). The van der Waals surface area contributed by atoms with Gasteiger partial charge in [-0.05, 0) is 37.5 Å². The van der Waals surface area contributed by atoms with Gasteiger partial charge in [0.25, 0.3) is 0 Å². The Labute approximate surface area is 157 Å². The number of rotatable bonds is 6. The highest BCUT2D eigenvalue weighted by Crippen LogP contribution is 2.21. The van der Waals surface area contributed by atoms with Gasteiger partial charge >= 0.3 is 11.8 Å².